The highest BCUT2D eigenvalue weighted by Gasteiger charge is 2.34. The Hall–Kier alpha value is -3.46. The molecule has 0 aromatic heterocycles. The van der Waals surface area contributed by atoms with E-state index in [1.54, 1.807) is 36.4 Å². The number of nitrogens with zero attached hydrogens (tertiary/aromatic N) is 1. The van der Waals surface area contributed by atoms with Crippen molar-refractivity contribution in [3.63, 3.8) is 0 Å². The van der Waals surface area contributed by atoms with Crippen molar-refractivity contribution in [2.24, 2.45) is 0 Å². The molecule has 0 bridgehead atoms. The zero-order valence-electron chi connectivity index (χ0n) is 18.2. The van der Waals surface area contributed by atoms with Gasteiger partial charge in [0.25, 0.3) is 11.8 Å². The second kappa shape index (κ2) is 10.4. The second-order valence-corrected chi connectivity index (χ2v) is 8.58. The Balaban J connectivity index is 1.58. The Labute approximate surface area is 215 Å². The molecule has 1 heterocycles. The zero-order chi connectivity index (χ0) is 25.1. The van der Waals surface area contributed by atoms with Gasteiger partial charge >= 0.3 is 0 Å². The average molecular weight is 531 g/mol. The number of thiocarbonyl (C=S) groups is 1. The van der Waals surface area contributed by atoms with E-state index in [4.69, 9.17) is 44.9 Å². The van der Waals surface area contributed by atoms with Gasteiger partial charge in [0, 0.05) is 0 Å². The summed E-state index contributed by atoms with van der Waals surface area (Å²) in [7, 11) is 1.48. The molecule has 10 heteroatoms. The van der Waals surface area contributed by atoms with Gasteiger partial charge in [-0.05, 0) is 78.0 Å². The van der Waals surface area contributed by atoms with E-state index >= 15 is 0 Å². The molecule has 0 saturated carbocycles. The van der Waals surface area contributed by atoms with Gasteiger partial charge in [-0.3, -0.25) is 19.8 Å². The molecule has 1 saturated heterocycles. The molecule has 1 aliphatic rings. The van der Waals surface area contributed by atoms with Crippen LogP contribution in [-0.2, 0) is 16.2 Å². The molecule has 4 rings (SSSR count). The molecule has 35 heavy (non-hydrogen) atoms. The fourth-order valence-corrected chi connectivity index (χ4v) is 3.93. The molecular formula is C25H17Cl2FN2O4S. The first-order valence-corrected chi connectivity index (χ1v) is 11.3. The van der Waals surface area contributed by atoms with Gasteiger partial charge in [-0.15, -0.1) is 0 Å². The summed E-state index contributed by atoms with van der Waals surface area (Å²) in [5, 5.41) is 3.27. The van der Waals surface area contributed by atoms with Crippen LogP contribution in [0.4, 0.5) is 10.1 Å². The largest absolute Gasteiger partial charge is 0.493 e. The van der Waals surface area contributed by atoms with Gasteiger partial charge < -0.3 is 9.47 Å². The van der Waals surface area contributed by atoms with E-state index in [2.05, 4.69) is 5.32 Å². The number of nitrogens with one attached hydrogen (secondary N) is 1. The smallest absolute Gasteiger partial charge is 0.270 e. The van der Waals surface area contributed by atoms with Gasteiger partial charge in [-0.1, -0.05) is 35.3 Å². The van der Waals surface area contributed by atoms with Crippen LogP contribution in [0.25, 0.3) is 6.08 Å². The van der Waals surface area contributed by atoms with Crippen LogP contribution >= 0.6 is 35.4 Å². The van der Waals surface area contributed by atoms with Crippen molar-refractivity contribution in [1.82, 2.24) is 5.32 Å². The summed E-state index contributed by atoms with van der Waals surface area (Å²) in [6.45, 7) is 0.221. The molecule has 0 aliphatic carbocycles. The van der Waals surface area contributed by atoms with E-state index in [1.165, 1.54) is 37.5 Å². The SMILES string of the molecule is COc1cc(/C=C2/C(=O)NC(=S)N(c3ccc(F)cc3)C2=O)ccc1OCc1ccc(Cl)c(Cl)c1. The Bertz CT molecular complexity index is 1360. The lowest BCUT2D eigenvalue weighted by molar-refractivity contribution is -0.122. The monoisotopic (exact) mass is 530 g/mol. The summed E-state index contributed by atoms with van der Waals surface area (Å²) in [6.07, 6.45) is 1.42. The maximum Gasteiger partial charge on any atom is 0.270 e. The fraction of sp³-hybridized carbons (Fsp3) is 0.0800. The molecule has 3 aromatic carbocycles. The van der Waals surface area contributed by atoms with Crippen LogP contribution in [0.5, 0.6) is 11.5 Å². The number of methoxy groups -OCH3 is 1. The summed E-state index contributed by atoms with van der Waals surface area (Å²) in [5.41, 5.74) is 1.52. The normalized spacial score (nSPS) is 14.8. The standard InChI is InChI=1S/C25H17Cl2FN2O4S/c1-33-22-12-14(3-9-21(22)34-13-15-2-8-19(26)20(27)11-15)10-18-23(31)29-25(35)30(24(18)32)17-6-4-16(28)5-7-17/h2-12H,13H2,1H3,(H,29,31,35)/b18-10-. The number of benzene rings is 3. The summed E-state index contributed by atoms with van der Waals surface area (Å²) in [6, 6.07) is 15.4. The lowest BCUT2D eigenvalue weighted by atomic mass is 10.1. The number of hydrogen-bond donors (Lipinski definition) is 1. The van der Waals surface area contributed by atoms with Crippen LogP contribution in [0.1, 0.15) is 11.1 Å². The summed E-state index contributed by atoms with van der Waals surface area (Å²) in [5.74, 6) is -0.887. The molecule has 178 valence electrons. The van der Waals surface area contributed by atoms with Crippen LogP contribution in [0.15, 0.2) is 66.2 Å². The van der Waals surface area contributed by atoms with Crippen LogP contribution < -0.4 is 19.7 Å². The third-order valence-corrected chi connectivity index (χ3v) is 6.09. The van der Waals surface area contributed by atoms with Gasteiger partial charge in [0.2, 0.25) is 0 Å². The maximum atomic E-state index is 13.3. The predicted octanol–water partition coefficient (Wildman–Crippen LogP) is 5.55. The quantitative estimate of drug-likeness (QED) is 0.257. The Morgan fingerprint density at radius 3 is 2.43 bits per heavy atom. The highest BCUT2D eigenvalue weighted by Crippen LogP contribution is 2.31. The molecule has 0 atom stereocenters. The topological polar surface area (TPSA) is 67.9 Å². The third kappa shape index (κ3) is 5.45. The minimum absolute atomic E-state index is 0.0904. The van der Waals surface area contributed by atoms with E-state index < -0.39 is 17.6 Å². The van der Waals surface area contributed by atoms with Gasteiger partial charge in [0.05, 0.1) is 22.8 Å². The number of amides is 2. The van der Waals surface area contributed by atoms with Crippen molar-refractivity contribution in [3.8, 4) is 11.5 Å². The second-order valence-electron chi connectivity index (χ2n) is 7.38. The van der Waals surface area contributed by atoms with Crippen molar-refractivity contribution in [2.45, 2.75) is 6.61 Å². The summed E-state index contributed by atoms with van der Waals surface area (Å²) < 4.78 is 24.6. The highest BCUT2D eigenvalue weighted by molar-refractivity contribution is 7.80. The number of halogens is 3. The van der Waals surface area contributed by atoms with Gasteiger partial charge in [-0.25, -0.2) is 4.39 Å². The Morgan fingerprint density at radius 1 is 1.00 bits per heavy atom. The molecule has 1 N–H and O–H groups in total. The molecule has 0 radical (unpaired) electrons. The Morgan fingerprint density at radius 2 is 1.74 bits per heavy atom. The molecule has 0 unspecified atom stereocenters. The zero-order valence-corrected chi connectivity index (χ0v) is 20.5. The molecule has 6 nitrogen and oxygen atoms in total. The molecular weight excluding hydrogens is 514 g/mol. The van der Waals surface area contributed by atoms with Crippen LogP contribution in [0.2, 0.25) is 10.0 Å². The highest BCUT2D eigenvalue weighted by atomic mass is 35.5. The Kier molecular flexibility index (Phi) is 7.35. The number of hydrogen-bond acceptors (Lipinski definition) is 5. The number of anilines is 1. The van der Waals surface area contributed by atoms with E-state index in [0.717, 1.165) is 10.5 Å². The minimum atomic E-state index is -0.641. The van der Waals surface area contributed by atoms with Gasteiger partial charge in [-0.2, -0.15) is 0 Å². The predicted molar refractivity (Wildman–Crippen MR) is 136 cm³/mol. The van der Waals surface area contributed by atoms with Crippen molar-refractivity contribution in [3.05, 3.63) is 93.2 Å². The van der Waals surface area contributed by atoms with E-state index in [1.807, 2.05) is 0 Å². The van der Waals surface area contributed by atoms with E-state index in [0.29, 0.717) is 32.8 Å². The molecule has 2 amide bonds. The van der Waals surface area contributed by atoms with Crippen LogP contribution in [0.3, 0.4) is 0 Å². The number of ether oxygens (including phenoxy) is 2. The van der Waals surface area contributed by atoms with Crippen molar-refractivity contribution >= 4 is 64.1 Å². The van der Waals surface area contributed by atoms with Gasteiger partial charge in [0.1, 0.15) is 18.0 Å². The van der Waals surface area contributed by atoms with Crippen LogP contribution in [-0.4, -0.2) is 24.0 Å². The first-order valence-electron chi connectivity index (χ1n) is 10.2. The maximum absolute atomic E-state index is 13.3. The number of carbonyl (C=O) groups excluding carboxylic acids is 2. The van der Waals surface area contributed by atoms with Crippen molar-refractivity contribution < 1.29 is 23.5 Å². The van der Waals surface area contributed by atoms with E-state index in [9.17, 15) is 14.0 Å². The molecule has 0 spiro atoms. The third-order valence-electron chi connectivity index (χ3n) is 5.06. The minimum Gasteiger partial charge on any atom is -0.493 e. The van der Waals surface area contributed by atoms with E-state index in [-0.39, 0.29) is 17.3 Å². The molecule has 1 aliphatic heterocycles. The number of rotatable bonds is 6. The first kappa shape index (κ1) is 24.7. The number of carbonyl (C=O) groups is 2. The molecule has 3 aromatic rings. The summed E-state index contributed by atoms with van der Waals surface area (Å²) >= 11 is 17.2. The van der Waals surface area contributed by atoms with Crippen molar-refractivity contribution in [2.75, 3.05) is 12.0 Å². The first-order chi connectivity index (χ1) is 16.8. The lowest BCUT2D eigenvalue weighted by Crippen LogP contribution is -2.54. The summed E-state index contributed by atoms with van der Waals surface area (Å²) in [4.78, 5) is 26.8. The average Bonchev–Trinajstić information content (AvgIpc) is 2.84. The fourth-order valence-electron chi connectivity index (χ4n) is 3.33. The van der Waals surface area contributed by atoms with Crippen molar-refractivity contribution in [1.29, 1.82) is 0 Å². The van der Waals surface area contributed by atoms with Gasteiger partial charge in [0.15, 0.2) is 16.6 Å². The molecule has 1 fully saturated rings. The van der Waals surface area contributed by atoms with Crippen LogP contribution in [0, 0.1) is 5.82 Å². The lowest BCUT2D eigenvalue weighted by Gasteiger charge is -2.28.